The molecule has 25 heavy (non-hydrogen) atoms. The summed E-state index contributed by atoms with van der Waals surface area (Å²) in [4.78, 5) is 18.1. The molecule has 0 aliphatic carbocycles. The molecule has 1 aliphatic rings. The number of rotatable bonds is 3. The largest absolute Gasteiger partial charge is 0.334 e. The van der Waals surface area contributed by atoms with Crippen LogP contribution in [0.2, 0.25) is 0 Å². The molecule has 1 aromatic carbocycles. The van der Waals surface area contributed by atoms with Crippen molar-refractivity contribution in [3.05, 3.63) is 54.1 Å². The summed E-state index contributed by atoms with van der Waals surface area (Å²) in [6.07, 6.45) is 1.80. The van der Waals surface area contributed by atoms with Gasteiger partial charge in [-0.1, -0.05) is 23.4 Å². The van der Waals surface area contributed by atoms with Crippen LogP contribution in [0.5, 0.6) is 0 Å². The monoisotopic (exact) mass is 341 g/mol. The van der Waals surface area contributed by atoms with Crippen molar-refractivity contribution in [2.24, 2.45) is 7.05 Å². The summed E-state index contributed by atoms with van der Waals surface area (Å²) in [6.45, 7) is 0.164. The molecule has 2 aromatic heterocycles. The van der Waals surface area contributed by atoms with Crippen LogP contribution < -0.4 is 0 Å². The highest BCUT2D eigenvalue weighted by Crippen LogP contribution is 2.35. The Morgan fingerprint density at radius 1 is 1.28 bits per heavy atom. The second-order valence-electron chi connectivity index (χ2n) is 6.11. The van der Waals surface area contributed by atoms with Gasteiger partial charge < -0.3 is 9.42 Å². The van der Waals surface area contributed by atoms with E-state index >= 15 is 4.39 Å². The Morgan fingerprint density at radius 3 is 2.80 bits per heavy atom. The molecule has 7 nitrogen and oxygen atoms in total. The number of likely N-dealkylation sites (tertiary alicyclic amines) is 1. The predicted octanol–water partition coefficient (Wildman–Crippen LogP) is 2.18. The van der Waals surface area contributed by atoms with Crippen LogP contribution in [0, 0.1) is 0 Å². The van der Waals surface area contributed by atoms with Crippen molar-refractivity contribution in [2.75, 3.05) is 13.1 Å². The lowest BCUT2D eigenvalue weighted by molar-refractivity contribution is 0.0736. The number of aromatic nitrogens is 4. The highest BCUT2D eigenvalue weighted by Gasteiger charge is 2.46. The first kappa shape index (κ1) is 15.5. The lowest BCUT2D eigenvalue weighted by Gasteiger charge is -2.17. The molecule has 0 bridgehead atoms. The molecule has 128 valence electrons. The van der Waals surface area contributed by atoms with Gasteiger partial charge in [0.1, 0.15) is 5.69 Å². The number of carbonyl (C=O) groups excluding carboxylic acids is 1. The first-order chi connectivity index (χ1) is 12.0. The molecule has 1 atom stereocenters. The maximum atomic E-state index is 15.3. The van der Waals surface area contributed by atoms with Crippen molar-refractivity contribution < 1.29 is 13.7 Å². The van der Waals surface area contributed by atoms with Gasteiger partial charge in [-0.3, -0.25) is 9.48 Å². The van der Waals surface area contributed by atoms with Gasteiger partial charge in [-0.25, -0.2) is 4.39 Å². The summed E-state index contributed by atoms with van der Waals surface area (Å²) < 4.78 is 22.0. The minimum absolute atomic E-state index is 0.0253. The van der Waals surface area contributed by atoms with Crippen LogP contribution in [-0.4, -0.2) is 43.8 Å². The van der Waals surface area contributed by atoms with E-state index in [2.05, 4.69) is 15.2 Å². The van der Waals surface area contributed by atoms with E-state index < -0.39 is 5.67 Å². The summed E-state index contributed by atoms with van der Waals surface area (Å²) in [5.74, 6) is -0.0586. The highest BCUT2D eigenvalue weighted by atomic mass is 19.1. The number of hydrogen-bond donors (Lipinski definition) is 0. The van der Waals surface area contributed by atoms with Gasteiger partial charge >= 0.3 is 0 Å². The zero-order chi connectivity index (χ0) is 17.4. The molecule has 1 aliphatic heterocycles. The molecule has 8 heteroatoms. The van der Waals surface area contributed by atoms with Gasteiger partial charge in [-0.15, -0.1) is 0 Å². The van der Waals surface area contributed by atoms with E-state index in [1.807, 2.05) is 30.3 Å². The molecule has 0 spiro atoms. The number of amides is 1. The molecule has 3 heterocycles. The maximum absolute atomic E-state index is 15.3. The summed E-state index contributed by atoms with van der Waals surface area (Å²) >= 11 is 0. The predicted molar refractivity (Wildman–Crippen MR) is 86.2 cm³/mol. The van der Waals surface area contributed by atoms with Crippen molar-refractivity contribution in [1.29, 1.82) is 0 Å². The molecule has 1 unspecified atom stereocenters. The number of aryl methyl sites for hydroxylation is 1. The Morgan fingerprint density at radius 2 is 2.08 bits per heavy atom. The fourth-order valence-electron chi connectivity index (χ4n) is 2.92. The molecule has 0 saturated carbocycles. The third kappa shape index (κ3) is 2.79. The smallest absolute Gasteiger partial charge is 0.274 e. The van der Waals surface area contributed by atoms with Crippen LogP contribution in [0.4, 0.5) is 4.39 Å². The second kappa shape index (κ2) is 5.80. The van der Waals surface area contributed by atoms with Crippen LogP contribution in [-0.2, 0) is 12.7 Å². The summed E-state index contributed by atoms with van der Waals surface area (Å²) in [7, 11) is 1.73. The van der Waals surface area contributed by atoms with Gasteiger partial charge in [0.25, 0.3) is 11.8 Å². The van der Waals surface area contributed by atoms with Crippen molar-refractivity contribution in [3.8, 4) is 11.5 Å². The fraction of sp³-hybridized carbons (Fsp3) is 0.294. The molecule has 3 aromatic rings. The third-order valence-electron chi connectivity index (χ3n) is 4.29. The average Bonchev–Trinajstić information content (AvgIpc) is 3.35. The summed E-state index contributed by atoms with van der Waals surface area (Å²) in [6, 6.07) is 10.8. The lowest BCUT2D eigenvalue weighted by Crippen LogP contribution is -2.33. The van der Waals surface area contributed by atoms with E-state index in [1.54, 1.807) is 19.3 Å². The van der Waals surface area contributed by atoms with E-state index in [1.165, 1.54) is 9.58 Å². The Balaban J connectivity index is 1.54. The van der Waals surface area contributed by atoms with Crippen molar-refractivity contribution in [1.82, 2.24) is 24.8 Å². The van der Waals surface area contributed by atoms with Crippen LogP contribution in [0.15, 0.2) is 47.1 Å². The average molecular weight is 341 g/mol. The summed E-state index contributed by atoms with van der Waals surface area (Å²) in [5, 5.41) is 7.87. The van der Waals surface area contributed by atoms with Crippen molar-refractivity contribution >= 4 is 5.91 Å². The Kier molecular flexibility index (Phi) is 3.60. The number of alkyl halides is 1. The van der Waals surface area contributed by atoms with Crippen LogP contribution in [0.3, 0.4) is 0 Å². The van der Waals surface area contributed by atoms with E-state index in [9.17, 15) is 4.79 Å². The van der Waals surface area contributed by atoms with Gasteiger partial charge in [0.05, 0.1) is 6.54 Å². The van der Waals surface area contributed by atoms with Gasteiger partial charge in [0, 0.05) is 31.8 Å². The first-order valence-corrected chi connectivity index (χ1v) is 7.93. The second-order valence-corrected chi connectivity index (χ2v) is 6.11. The summed E-state index contributed by atoms with van der Waals surface area (Å²) in [5.41, 5.74) is -0.796. The van der Waals surface area contributed by atoms with Crippen LogP contribution in [0.1, 0.15) is 22.7 Å². The van der Waals surface area contributed by atoms with Crippen LogP contribution >= 0.6 is 0 Å². The Hall–Kier alpha value is -3.03. The van der Waals surface area contributed by atoms with E-state index in [-0.39, 0.29) is 37.1 Å². The Labute approximate surface area is 143 Å². The zero-order valence-electron chi connectivity index (χ0n) is 13.6. The maximum Gasteiger partial charge on any atom is 0.274 e. The zero-order valence-corrected chi connectivity index (χ0v) is 13.6. The number of halogens is 1. The van der Waals surface area contributed by atoms with E-state index in [0.29, 0.717) is 5.69 Å². The molecule has 1 amide bonds. The molecule has 0 radical (unpaired) electrons. The quantitative estimate of drug-likeness (QED) is 0.730. The minimum atomic E-state index is -1.82. The number of nitrogens with zero attached hydrogens (tertiary/aromatic N) is 5. The van der Waals surface area contributed by atoms with E-state index in [0.717, 1.165) is 5.56 Å². The Bertz CT molecular complexity index is 907. The van der Waals surface area contributed by atoms with Gasteiger partial charge in [0.2, 0.25) is 5.82 Å². The van der Waals surface area contributed by atoms with Crippen molar-refractivity contribution in [3.63, 3.8) is 0 Å². The van der Waals surface area contributed by atoms with Gasteiger partial charge in [-0.05, 0) is 18.2 Å². The fourth-order valence-corrected chi connectivity index (χ4v) is 2.92. The van der Waals surface area contributed by atoms with Crippen molar-refractivity contribution in [2.45, 2.75) is 12.1 Å². The lowest BCUT2D eigenvalue weighted by atomic mass is 10.1. The van der Waals surface area contributed by atoms with Gasteiger partial charge in [0.15, 0.2) is 5.67 Å². The minimum Gasteiger partial charge on any atom is -0.334 e. The normalized spacial score (nSPS) is 20.2. The van der Waals surface area contributed by atoms with E-state index in [4.69, 9.17) is 4.52 Å². The number of carbonyl (C=O) groups is 1. The highest BCUT2D eigenvalue weighted by molar-refractivity contribution is 5.92. The molecule has 4 rings (SSSR count). The standard InChI is InChI=1S/C17H16FN5O2/c1-22-9-7-13(20-22)15(24)23-10-8-17(18,11-23)16-19-14(25-21-16)12-5-3-2-4-6-12/h2-7,9H,8,10-11H2,1H3. The molecule has 0 N–H and O–H groups in total. The van der Waals surface area contributed by atoms with Crippen LogP contribution in [0.25, 0.3) is 11.5 Å². The topological polar surface area (TPSA) is 77.0 Å². The number of hydrogen-bond acceptors (Lipinski definition) is 5. The van der Waals surface area contributed by atoms with Gasteiger partial charge in [-0.2, -0.15) is 10.1 Å². The SMILES string of the molecule is Cn1ccc(C(=O)N2CCC(F)(c3noc(-c4ccccc4)n3)C2)n1. The number of benzene rings is 1. The third-order valence-corrected chi connectivity index (χ3v) is 4.29. The molecular weight excluding hydrogens is 325 g/mol. The first-order valence-electron chi connectivity index (χ1n) is 7.93. The molecular formula is C17H16FN5O2. The molecule has 1 saturated heterocycles. The molecule has 1 fully saturated rings.